The quantitative estimate of drug-likeness (QED) is 0.532. The van der Waals surface area contributed by atoms with Gasteiger partial charge < -0.3 is 14.4 Å². The molecular formula is C31H31F3N2O4. The summed E-state index contributed by atoms with van der Waals surface area (Å²) in [4.78, 5) is 29.3. The fourth-order valence-corrected chi connectivity index (χ4v) is 7.73. The van der Waals surface area contributed by atoms with E-state index in [1.165, 1.54) is 23.3 Å². The minimum Gasteiger partial charge on any atom is -0.493 e. The second-order valence-electron chi connectivity index (χ2n) is 11.4. The number of likely N-dealkylation sites (N-methyl/N-ethyl adjacent to an activating group) is 1. The lowest BCUT2D eigenvalue weighted by atomic mass is 9.51. The number of carbonyl (C=O) groups is 2. The number of hydrogen-bond acceptors (Lipinski definition) is 5. The van der Waals surface area contributed by atoms with Gasteiger partial charge in [0.15, 0.2) is 11.5 Å². The van der Waals surface area contributed by atoms with Crippen LogP contribution in [0.15, 0.2) is 36.4 Å². The second-order valence-corrected chi connectivity index (χ2v) is 11.4. The van der Waals surface area contributed by atoms with Gasteiger partial charge >= 0.3 is 6.18 Å². The average molecular weight is 553 g/mol. The van der Waals surface area contributed by atoms with Crippen molar-refractivity contribution in [2.45, 2.75) is 62.4 Å². The fraction of sp³-hybridized carbons (Fsp3) is 0.484. The molecule has 1 saturated carbocycles. The van der Waals surface area contributed by atoms with Crippen molar-refractivity contribution in [3.8, 4) is 23.3 Å². The van der Waals surface area contributed by atoms with E-state index >= 15 is 0 Å². The lowest BCUT2D eigenvalue weighted by molar-refractivity contribution is -0.137. The molecule has 2 heterocycles. The predicted molar refractivity (Wildman–Crippen MR) is 141 cm³/mol. The third-order valence-corrected chi connectivity index (χ3v) is 9.38. The molecule has 6 nitrogen and oxygen atoms in total. The van der Waals surface area contributed by atoms with Crippen LogP contribution in [0.4, 0.5) is 13.2 Å². The fourth-order valence-electron chi connectivity index (χ4n) is 7.73. The Bertz CT molecular complexity index is 1430. The van der Waals surface area contributed by atoms with E-state index in [-0.39, 0.29) is 35.3 Å². The van der Waals surface area contributed by atoms with Gasteiger partial charge in [-0.15, -0.1) is 0 Å². The van der Waals surface area contributed by atoms with Gasteiger partial charge in [0, 0.05) is 35.6 Å². The van der Waals surface area contributed by atoms with Crippen molar-refractivity contribution in [1.29, 1.82) is 0 Å². The molecule has 2 aliphatic heterocycles. The number of carbonyl (C=O) groups excluding carboxylic acids is 2. The van der Waals surface area contributed by atoms with E-state index in [0.29, 0.717) is 17.9 Å². The van der Waals surface area contributed by atoms with Crippen LogP contribution in [0.2, 0.25) is 0 Å². The summed E-state index contributed by atoms with van der Waals surface area (Å²) in [5.74, 6) is 6.82. The van der Waals surface area contributed by atoms with Crippen molar-refractivity contribution in [3.63, 3.8) is 0 Å². The van der Waals surface area contributed by atoms with Crippen LogP contribution < -0.4 is 9.47 Å². The van der Waals surface area contributed by atoms with Gasteiger partial charge in [-0.2, -0.15) is 13.2 Å². The zero-order chi connectivity index (χ0) is 28.4. The van der Waals surface area contributed by atoms with Crippen molar-refractivity contribution in [1.82, 2.24) is 9.80 Å². The number of benzene rings is 2. The van der Waals surface area contributed by atoms with Crippen LogP contribution in [-0.4, -0.2) is 66.9 Å². The minimum atomic E-state index is -4.43. The summed E-state index contributed by atoms with van der Waals surface area (Å²) < 4.78 is 51.1. The number of methoxy groups -OCH3 is 1. The Hall–Kier alpha value is -3.51. The molecule has 5 atom stereocenters. The van der Waals surface area contributed by atoms with E-state index < -0.39 is 17.6 Å². The number of rotatable bonds is 4. The topological polar surface area (TPSA) is 59.1 Å². The first-order valence-corrected chi connectivity index (χ1v) is 13.6. The molecule has 0 unspecified atom stereocenters. The summed E-state index contributed by atoms with van der Waals surface area (Å²) in [6.07, 6.45) is -1.46. The Balaban J connectivity index is 1.31. The van der Waals surface area contributed by atoms with Crippen LogP contribution >= 0.6 is 0 Å². The Morgan fingerprint density at radius 3 is 2.60 bits per heavy atom. The number of hydrogen-bond donors (Lipinski definition) is 0. The van der Waals surface area contributed by atoms with Crippen LogP contribution in [0.1, 0.15) is 48.4 Å². The molecule has 1 saturated heterocycles. The van der Waals surface area contributed by atoms with Crippen molar-refractivity contribution in [2.75, 3.05) is 27.2 Å². The molecule has 2 fully saturated rings. The van der Waals surface area contributed by atoms with E-state index in [1.54, 1.807) is 26.0 Å². The third-order valence-electron chi connectivity index (χ3n) is 9.38. The number of halogens is 3. The molecule has 2 bridgehead atoms. The maximum Gasteiger partial charge on any atom is 0.416 e. The Labute approximate surface area is 231 Å². The highest BCUT2D eigenvalue weighted by Gasteiger charge is 2.66. The molecule has 210 valence electrons. The van der Waals surface area contributed by atoms with E-state index in [0.717, 1.165) is 50.1 Å². The number of ketones is 1. The zero-order valence-corrected chi connectivity index (χ0v) is 22.7. The van der Waals surface area contributed by atoms with Crippen LogP contribution in [0.25, 0.3) is 0 Å². The molecule has 1 spiro atoms. The minimum absolute atomic E-state index is 0.155. The summed E-state index contributed by atoms with van der Waals surface area (Å²) in [6.45, 7) is 2.84. The first-order valence-electron chi connectivity index (χ1n) is 13.6. The van der Waals surface area contributed by atoms with Gasteiger partial charge in [-0.25, -0.2) is 0 Å². The normalized spacial score (nSPS) is 28.1. The molecule has 2 aliphatic carbocycles. The van der Waals surface area contributed by atoms with Gasteiger partial charge in [0.1, 0.15) is 11.9 Å². The van der Waals surface area contributed by atoms with Crippen molar-refractivity contribution in [2.24, 2.45) is 5.92 Å². The van der Waals surface area contributed by atoms with Crippen LogP contribution in [0, 0.1) is 17.8 Å². The van der Waals surface area contributed by atoms with Gasteiger partial charge in [-0.1, -0.05) is 12.0 Å². The van der Waals surface area contributed by atoms with E-state index in [1.807, 2.05) is 6.07 Å². The molecule has 4 aliphatic rings. The molecule has 40 heavy (non-hydrogen) atoms. The summed E-state index contributed by atoms with van der Waals surface area (Å²) in [5, 5.41) is 0. The highest BCUT2D eigenvalue weighted by atomic mass is 19.4. The number of nitrogens with zero attached hydrogens (tertiary/aromatic N) is 2. The molecule has 6 rings (SSSR count). The highest BCUT2D eigenvalue weighted by Crippen LogP contribution is 2.64. The first-order chi connectivity index (χ1) is 19.0. The molecule has 0 N–H and O–H groups in total. The number of likely N-dealkylation sites (tertiary alicyclic amines) is 1. The highest BCUT2D eigenvalue weighted by molar-refractivity contribution is 5.94. The monoisotopic (exact) mass is 552 g/mol. The molecule has 0 radical (unpaired) electrons. The largest absolute Gasteiger partial charge is 0.493 e. The molecule has 0 aromatic heterocycles. The molecule has 2 aromatic rings. The zero-order valence-electron chi connectivity index (χ0n) is 22.7. The maximum atomic E-state index is 13.3. The molecular weight excluding hydrogens is 521 g/mol. The van der Waals surface area contributed by atoms with E-state index in [9.17, 15) is 22.8 Å². The van der Waals surface area contributed by atoms with Crippen LogP contribution in [-0.2, 0) is 27.6 Å². The standard InChI is InChI=1S/C31H31F3N2O4/c1-18(37)17-36-15-14-30-22-10-11-23(29(30)40-28-25(39-3)12-7-20(27(28)30)16-24(22)36)35(2)26(38)13-6-19-4-8-21(9-5-19)31(32,33)34/h4-5,7-9,12,22-24,29H,10-11,14-17H2,1-3H3/t22-,23+,24+,29-,30-/m0/s1. The van der Waals surface area contributed by atoms with Crippen LogP contribution in [0.5, 0.6) is 11.5 Å². The number of ether oxygens (including phenoxy) is 2. The van der Waals surface area contributed by atoms with Gasteiger partial charge in [0.2, 0.25) is 0 Å². The Kier molecular flexibility index (Phi) is 6.37. The van der Waals surface area contributed by atoms with Crippen molar-refractivity contribution >= 4 is 11.7 Å². The second kappa shape index (κ2) is 9.55. The Morgan fingerprint density at radius 1 is 1.18 bits per heavy atom. The number of piperidine rings is 1. The third kappa shape index (κ3) is 4.07. The SMILES string of the molecule is COc1ccc2c3c1O[C@H]1[C@H](N(C)C(=O)C#Cc4ccc(C(F)(F)F)cc4)CC[C@H]4[C@@H](C2)N(CC(C)=O)CC[C@@]341. The van der Waals surface area contributed by atoms with Gasteiger partial charge in [-0.05, 0) is 81.0 Å². The molecule has 1 amide bonds. The first kappa shape index (κ1) is 26.7. The summed E-state index contributed by atoms with van der Waals surface area (Å²) in [5.41, 5.74) is 1.69. The number of amides is 1. The summed E-state index contributed by atoms with van der Waals surface area (Å²) in [6, 6.07) is 8.50. The van der Waals surface area contributed by atoms with Crippen LogP contribution in [0.3, 0.4) is 0 Å². The summed E-state index contributed by atoms with van der Waals surface area (Å²) >= 11 is 0. The van der Waals surface area contributed by atoms with Gasteiger partial charge in [0.05, 0.1) is 25.3 Å². The molecule has 2 aromatic carbocycles. The lowest BCUT2D eigenvalue weighted by Crippen LogP contribution is -2.69. The lowest BCUT2D eigenvalue weighted by Gasteiger charge is -2.60. The molecule has 9 heteroatoms. The number of Topliss-reactive ketones (excluding diaryl/α,β-unsaturated/α-hetero) is 1. The van der Waals surface area contributed by atoms with Crippen molar-refractivity contribution < 1.29 is 32.2 Å². The number of alkyl halides is 3. The van der Waals surface area contributed by atoms with E-state index in [4.69, 9.17) is 9.47 Å². The predicted octanol–water partition coefficient (Wildman–Crippen LogP) is 4.22. The Morgan fingerprint density at radius 2 is 1.93 bits per heavy atom. The van der Waals surface area contributed by atoms with Gasteiger partial charge in [-0.3, -0.25) is 14.5 Å². The van der Waals surface area contributed by atoms with Crippen molar-refractivity contribution in [3.05, 3.63) is 58.7 Å². The van der Waals surface area contributed by atoms with Gasteiger partial charge in [0.25, 0.3) is 5.91 Å². The maximum absolute atomic E-state index is 13.3. The smallest absolute Gasteiger partial charge is 0.416 e. The average Bonchev–Trinajstić information content (AvgIpc) is 3.27. The van der Waals surface area contributed by atoms with E-state index in [2.05, 4.69) is 22.8 Å². The summed E-state index contributed by atoms with van der Waals surface area (Å²) in [7, 11) is 3.35.